The van der Waals surface area contributed by atoms with E-state index in [1.54, 1.807) is 44.5 Å². The fourth-order valence-corrected chi connectivity index (χ4v) is 3.87. The second kappa shape index (κ2) is 7.85. The molecule has 0 saturated carbocycles. The molecule has 31 heavy (non-hydrogen) atoms. The Bertz CT molecular complexity index is 1690. The third-order valence-electron chi connectivity index (χ3n) is 5.54. The van der Waals surface area contributed by atoms with Crippen LogP contribution in [0, 0.1) is 26.3 Å². The van der Waals surface area contributed by atoms with E-state index in [9.17, 15) is 0 Å². The molecule has 0 aliphatic carbocycles. The minimum atomic E-state index is -2.63. The van der Waals surface area contributed by atoms with Crippen molar-refractivity contribution >= 4 is 27.6 Å². The topological polar surface area (TPSA) is 21.4 Å². The van der Waals surface area contributed by atoms with Crippen LogP contribution >= 0.6 is 0 Å². The van der Waals surface area contributed by atoms with Gasteiger partial charge >= 0.3 is 0 Å². The first kappa shape index (κ1) is 13.3. The van der Waals surface area contributed by atoms with E-state index in [4.69, 9.17) is 22.0 Å². The van der Waals surface area contributed by atoms with Crippen molar-refractivity contribution in [2.75, 3.05) is 0 Å². The number of rotatable bonds is 4. The van der Waals surface area contributed by atoms with Gasteiger partial charge in [-0.3, -0.25) is 0 Å². The molecule has 2 aromatic carbocycles. The SMILES string of the molecule is [2H]c1c(C([2H])([2H])C(C)C)c([2H])c(-c2c(C)ccc3c2oc2c([N+]#[C-])cc(C([2H])(C)C([2H])([2H])[2H])cc23)[n+](C)c1C. The van der Waals surface area contributed by atoms with Gasteiger partial charge in [0.1, 0.15) is 18.2 Å². The lowest BCUT2D eigenvalue weighted by Crippen LogP contribution is -2.35. The van der Waals surface area contributed by atoms with Gasteiger partial charge in [0.05, 0.1) is 14.9 Å². The van der Waals surface area contributed by atoms with Gasteiger partial charge in [0.25, 0.3) is 0 Å². The van der Waals surface area contributed by atoms with Gasteiger partial charge in [-0.05, 0) is 48.4 Å². The predicted molar refractivity (Wildman–Crippen MR) is 129 cm³/mol. The number of aromatic nitrogens is 1. The van der Waals surface area contributed by atoms with E-state index >= 15 is 0 Å². The summed E-state index contributed by atoms with van der Waals surface area (Å²) in [6.45, 7) is 13.4. The summed E-state index contributed by atoms with van der Waals surface area (Å²) in [7, 11) is 1.72. The molecular weight excluding hydrogens is 380 g/mol. The smallest absolute Gasteiger partial charge is 0.229 e. The zero-order valence-electron chi connectivity index (χ0n) is 26.7. The number of hydrogen-bond donors (Lipinski definition) is 0. The summed E-state index contributed by atoms with van der Waals surface area (Å²) in [6.07, 6.45) is -1.93. The highest BCUT2D eigenvalue weighted by Gasteiger charge is 2.24. The molecular formula is C28H31N2O+. The zero-order chi connectivity index (χ0) is 29.4. The number of nitrogens with zero attached hydrogens (tertiary/aromatic N) is 2. The average Bonchev–Trinajstić information content (AvgIpc) is 3.21. The molecule has 0 aliphatic rings. The lowest BCUT2D eigenvalue weighted by atomic mass is 9.95. The summed E-state index contributed by atoms with van der Waals surface area (Å²) in [4.78, 5) is 3.57. The zero-order valence-corrected chi connectivity index (χ0v) is 18.7. The maximum absolute atomic E-state index is 9.12. The Morgan fingerprint density at radius 3 is 2.65 bits per heavy atom. The van der Waals surface area contributed by atoms with Gasteiger partial charge in [0.15, 0.2) is 5.69 Å². The van der Waals surface area contributed by atoms with Crippen molar-refractivity contribution in [3.05, 3.63) is 70.2 Å². The van der Waals surface area contributed by atoms with Gasteiger partial charge < -0.3 is 4.42 Å². The summed E-state index contributed by atoms with van der Waals surface area (Å²) < 4.78 is 75.4. The van der Waals surface area contributed by atoms with Crippen molar-refractivity contribution in [2.45, 2.75) is 53.7 Å². The van der Waals surface area contributed by atoms with E-state index in [-0.39, 0.29) is 34.5 Å². The van der Waals surface area contributed by atoms with Crippen LogP contribution in [0.3, 0.4) is 0 Å². The summed E-state index contributed by atoms with van der Waals surface area (Å²) in [5, 5.41) is 1.07. The van der Waals surface area contributed by atoms with Crippen LogP contribution in [0.5, 0.6) is 0 Å². The van der Waals surface area contributed by atoms with Crippen molar-refractivity contribution in [3.8, 4) is 11.3 Å². The van der Waals surface area contributed by atoms with Crippen LogP contribution in [0.2, 0.25) is 0 Å². The molecule has 0 spiro atoms. The van der Waals surface area contributed by atoms with E-state index in [1.807, 2.05) is 13.0 Å². The molecule has 4 aromatic rings. The monoisotopic (exact) mass is 419 g/mol. The molecule has 0 bridgehead atoms. The molecule has 1 unspecified atom stereocenters. The highest BCUT2D eigenvalue weighted by Crippen LogP contribution is 2.42. The van der Waals surface area contributed by atoms with Crippen molar-refractivity contribution in [1.82, 2.24) is 0 Å². The fourth-order valence-electron chi connectivity index (χ4n) is 3.87. The van der Waals surface area contributed by atoms with E-state index < -0.39 is 25.0 Å². The Kier molecular flexibility index (Phi) is 3.38. The molecule has 158 valence electrons. The number of furan rings is 1. The van der Waals surface area contributed by atoms with E-state index in [0.717, 1.165) is 5.56 Å². The average molecular weight is 420 g/mol. The van der Waals surface area contributed by atoms with Crippen LogP contribution in [-0.4, -0.2) is 0 Å². The van der Waals surface area contributed by atoms with Gasteiger partial charge in [0, 0.05) is 38.0 Å². The predicted octanol–water partition coefficient (Wildman–Crippen LogP) is 7.57. The normalized spacial score (nSPS) is 18.3. The van der Waals surface area contributed by atoms with Crippen LogP contribution < -0.4 is 4.57 Å². The number of hydrogen-bond acceptors (Lipinski definition) is 1. The first-order valence-corrected chi connectivity index (χ1v) is 10.3. The molecule has 0 radical (unpaired) electrons. The Balaban J connectivity index is 2.18. The van der Waals surface area contributed by atoms with Crippen LogP contribution in [-0.2, 0) is 13.4 Å². The molecule has 0 saturated heterocycles. The first-order chi connectivity index (χ1) is 17.9. The van der Waals surface area contributed by atoms with E-state index in [1.165, 1.54) is 13.0 Å². The lowest BCUT2D eigenvalue weighted by Gasteiger charge is -2.11. The lowest BCUT2D eigenvalue weighted by molar-refractivity contribution is -0.666. The largest absolute Gasteiger partial charge is 0.466 e. The molecule has 0 fully saturated rings. The van der Waals surface area contributed by atoms with Gasteiger partial charge in [-0.1, -0.05) is 45.3 Å². The molecule has 3 nitrogen and oxygen atoms in total. The second-order valence-electron chi connectivity index (χ2n) is 8.26. The van der Waals surface area contributed by atoms with Gasteiger partial charge in [-0.25, -0.2) is 4.85 Å². The van der Waals surface area contributed by atoms with E-state index in [2.05, 4.69) is 4.85 Å². The van der Waals surface area contributed by atoms with Gasteiger partial charge in [-0.2, -0.15) is 4.57 Å². The number of benzene rings is 2. The third kappa shape index (κ3) is 3.61. The minimum Gasteiger partial charge on any atom is -0.466 e. The van der Waals surface area contributed by atoms with Crippen LogP contribution in [0.25, 0.3) is 38.0 Å². The molecule has 4 rings (SSSR count). The molecule has 3 heteroatoms. The highest BCUT2D eigenvalue weighted by atomic mass is 16.3. The van der Waals surface area contributed by atoms with Crippen LogP contribution in [0.1, 0.15) is 66.9 Å². The quantitative estimate of drug-likeness (QED) is 0.247. The Hall–Kier alpha value is -3.12. The molecule has 0 aliphatic heterocycles. The van der Waals surface area contributed by atoms with Crippen molar-refractivity contribution in [2.24, 2.45) is 13.0 Å². The van der Waals surface area contributed by atoms with Crippen LogP contribution in [0.15, 0.2) is 40.8 Å². The Morgan fingerprint density at radius 1 is 1.19 bits per heavy atom. The van der Waals surface area contributed by atoms with Gasteiger partial charge in [-0.15, -0.1) is 0 Å². The molecule has 2 heterocycles. The van der Waals surface area contributed by atoms with Crippen molar-refractivity contribution in [1.29, 1.82) is 0 Å². The summed E-state index contributed by atoms with van der Waals surface area (Å²) >= 11 is 0. The van der Waals surface area contributed by atoms with E-state index in [0.29, 0.717) is 33.3 Å². The van der Waals surface area contributed by atoms with Crippen LogP contribution in [0.4, 0.5) is 5.69 Å². The molecule has 1 atom stereocenters. The first-order valence-electron chi connectivity index (χ1n) is 14.3. The highest BCUT2D eigenvalue weighted by molar-refractivity contribution is 6.13. The maximum atomic E-state index is 9.12. The molecule has 2 aromatic heterocycles. The standard InChI is InChI=1S/C28H31N2O/c1-16(2)11-20-12-19(6)30(8)25(13-20)26-18(5)9-10-22-23-14-21(17(3)4)15-24(29-7)27(23)31-28(22)26/h9-10,12-17H,11H2,1-6,8H3/q+1/i3D3,11D2,12D,13D,17D. The maximum Gasteiger partial charge on any atom is 0.229 e. The summed E-state index contributed by atoms with van der Waals surface area (Å²) in [5.41, 5.74) is 3.00. The number of fused-ring (bicyclic) bond motifs is 3. The van der Waals surface area contributed by atoms with Crippen molar-refractivity contribution in [3.63, 3.8) is 0 Å². The van der Waals surface area contributed by atoms with Gasteiger partial charge in [0.2, 0.25) is 11.4 Å². The second-order valence-corrected chi connectivity index (χ2v) is 8.26. The molecule has 0 N–H and O–H groups in total. The minimum absolute atomic E-state index is 0.00222. The fraction of sp³-hybridized carbons (Fsp3) is 0.357. The molecule has 0 amide bonds. The third-order valence-corrected chi connectivity index (χ3v) is 5.54. The number of pyridine rings is 1. The summed E-state index contributed by atoms with van der Waals surface area (Å²) in [5.74, 6) is -2.44. The van der Waals surface area contributed by atoms with Crippen molar-refractivity contribution < 1.29 is 20.0 Å². The Labute approximate surface area is 196 Å². The summed E-state index contributed by atoms with van der Waals surface area (Å²) in [6, 6.07) is 6.46. The number of aryl methyl sites for hydroxylation is 1. The Morgan fingerprint density at radius 2 is 1.97 bits per heavy atom.